The Labute approximate surface area is 92.1 Å². The topological polar surface area (TPSA) is 20.2 Å². The van der Waals surface area contributed by atoms with E-state index >= 15 is 0 Å². The van der Waals surface area contributed by atoms with E-state index in [0.717, 1.165) is 12.8 Å². The lowest BCUT2D eigenvalue weighted by molar-refractivity contribution is 0.136. The van der Waals surface area contributed by atoms with Gasteiger partial charge in [0.05, 0.1) is 6.10 Å². The Balaban J connectivity index is 2.30. The molecule has 3 unspecified atom stereocenters. The summed E-state index contributed by atoms with van der Waals surface area (Å²) in [6, 6.07) is 6.75. The third-order valence-electron chi connectivity index (χ3n) is 3.69. The fourth-order valence-corrected chi connectivity index (χ4v) is 2.84. The van der Waals surface area contributed by atoms with E-state index in [2.05, 4.69) is 39.0 Å². The van der Waals surface area contributed by atoms with Crippen LogP contribution in [0.3, 0.4) is 0 Å². The van der Waals surface area contributed by atoms with Gasteiger partial charge in [0, 0.05) is 0 Å². The fraction of sp³-hybridized carbons (Fsp3) is 0.571. The number of rotatable bonds is 1. The van der Waals surface area contributed by atoms with E-state index in [1.54, 1.807) is 0 Å². The first-order valence-electron chi connectivity index (χ1n) is 5.84. The number of aliphatic hydroxyl groups excluding tert-OH is 1. The van der Waals surface area contributed by atoms with Crippen LogP contribution in [-0.2, 0) is 0 Å². The van der Waals surface area contributed by atoms with Crippen molar-refractivity contribution in [3.8, 4) is 0 Å². The van der Waals surface area contributed by atoms with Gasteiger partial charge >= 0.3 is 0 Å². The van der Waals surface area contributed by atoms with Crippen LogP contribution in [0.2, 0.25) is 0 Å². The molecule has 2 rings (SSSR count). The molecule has 1 N–H and O–H groups in total. The average molecular weight is 204 g/mol. The van der Waals surface area contributed by atoms with Crippen LogP contribution >= 0.6 is 0 Å². The first kappa shape index (κ1) is 10.7. The molecule has 1 aliphatic rings. The molecule has 3 atom stereocenters. The SMILES string of the molecule is Cc1cc(C)cc(C2CCC(O)C2C)c1. The average Bonchev–Trinajstić information content (AvgIpc) is 2.46. The molecular formula is C14H20O. The molecule has 1 aromatic rings. The lowest BCUT2D eigenvalue weighted by atomic mass is 9.88. The van der Waals surface area contributed by atoms with Gasteiger partial charge in [-0.15, -0.1) is 0 Å². The Morgan fingerprint density at radius 3 is 2.13 bits per heavy atom. The molecule has 0 aliphatic heterocycles. The molecule has 0 radical (unpaired) electrons. The van der Waals surface area contributed by atoms with Gasteiger partial charge in [0.1, 0.15) is 0 Å². The maximum absolute atomic E-state index is 9.77. The molecule has 0 spiro atoms. The van der Waals surface area contributed by atoms with Crippen molar-refractivity contribution in [1.82, 2.24) is 0 Å². The zero-order valence-electron chi connectivity index (χ0n) is 9.83. The third-order valence-corrected chi connectivity index (χ3v) is 3.69. The van der Waals surface area contributed by atoms with Gasteiger partial charge in [-0.1, -0.05) is 36.2 Å². The lowest BCUT2D eigenvalue weighted by Gasteiger charge is -2.18. The third kappa shape index (κ3) is 2.07. The number of benzene rings is 1. The van der Waals surface area contributed by atoms with Crippen molar-refractivity contribution in [2.45, 2.75) is 45.6 Å². The van der Waals surface area contributed by atoms with Crippen molar-refractivity contribution in [2.75, 3.05) is 0 Å². The normalized spacial score (nSPS) is 30.8. The second kappa shape index (κ2) is 3.97. The summed E-state index contributed by atoms with van der Waals surface area (Å²) in [5, 5.41) is 9.77. The van der Waals surface area contributed by atoms with E-state index in [4.69, 9.17) is 0 Å². The zero-order chi connectivity index (χ0) is 11.0. The second-order valence-corrected chi connectivity index (χ2v) is 5.03. The molecule has 0 saturated heterocycles. The summed E-state index contributed by atoms with van der Waals surface area (Å²) in [5.74, 6) is 0.963. The lowest BCUT2D eigenvalue weighted by Crippen LogP contribution is -2.14. The van der Waals surface area contributed by atoms with Gasteiger partial charge in [-0.3, -0.25) is 0 Å². The van der Waals surface area contributed by atoms with E-state index in [1.807, 2.05) is 0 Å². The van der Waals surface area contributed by atoms with Crippen molar-refractivity contribution >= 4 is 0 Å². The highest BCUT2D eigenvalue weighted by Crippen LogP contribution is 2.39. The quantitative estimate of drug-likeness (QED) is 0.745. The molecule has 0 amide bonds. The summed E-state index contributed by atoms with van der Waals surface area (Å²) in [6.07, 6.45) is 1.99. The van der Waals surface area contributed by atoms with Crippen LogP contribution in [-0.4, -0.2) is 11.2 Å². The Bertz CT molecular complexity index is 336. The highest BCUT2D eigenvalue weighted by Gasteiger charge is 2.32. The molecule has 1 aliphatic carbocycles. The van der Waals surface area contributed by atoms with Crippen molar-refractivity contribution in [1.29, 1.82) is 0 Å². The van der Waals surface area contributed by atoms with E-state index in [0.29, 0.717) is 11.8 Å². The van der Waals surface area contributed by atoms with Gasteiger partial charge < -0.3 is 5.11 Å². The van der Waals surface area contributed by atoms with Gasteiger partial charge in [-0.25, -0.2) is 0 Å². The summed E-state index contributed by atoms with van der Waals surface area (Å²) in [7, 11) is 0. The smallest absolute Gasteiger partial charge is 0.0571 e. The minimum absolute atomic E-state index is 0.101. The second-order valence-electron chi connectivity index (χ2n) is 5.03. The van der Waals surface area contributed by atoms with Crippen LogP contribution in [0, 0.1) is 19.8 Å². The van der Waals surface area contributed by atoms with Crippen LogP contribution < -0.4 is 0 Å². The molecule has 1 saturated carbocycles. The molecule has 1 heteroatoms. The number of hydrogen-bond acceptors (Lipinski definition) is 1. The van der Waals surface area contributed by atoms with Crippen LogP contribution in [0.1, 0.15) is 42.4 Å². The summed E-state index contributed by atoms with van der Waals surface area (Å²) in [4.78, 5) is 0. The van der Waals surface area contributed by atoms with Crippen molar-refractivity contribution in [3.63, 3.8) is 0 Å². The summed E-state index contributed by atoms with van der Waals surface area (Å²) >= 11 is 0. The first-order valence-corrected chi connectivity index (χ1v) is 5.84. The molecule has 1 fully saturated rings. The van der Waals surface area contributed by atoms with E-state index < -0.39 is 0 Å². The minimum Gasteiger partial charge on any atom is -0.393 e. The molecule has 1 aromatic carbocycles. The van der Waals surface area contributed by atoms with E-state index in [1.165, 1.54) is 16.7 Å². The maximum atomic E-state index is 9.77. The molecular weight excluding hydrogens is 184 g/mol. The molecule has 82 valence electrons. The highest BCUT2D eigenvalue weighted by molar-refractivity contribution is 5.32. The Morgan fingerprint density at radius 2 is 1.67 bits per heavy atom. The van der Waals surface area contributed by atoms with Crippen molar-refractivity contribution in [2.24, 2.45) is 5.92 Å². The summed E-state index contributed by atoms with van der Waals surface area (Å²) < 4.78 is 0. The van der Waals surface area contributed by atoms with E-state index in [9.17, 15) is 5.11 Å². The Hall–Kier alpha value is -0.820. The predicted molar refractivity (Wildman–Crippen MR) is 63.1 cm³/mol. The van der Waals surface area contributed by atoms with Crippen molar-refractivity contribution < 1.29 is 5.11 Å². The van der Waals surface area contributed by atoms with Crippen LogP contribution in [0.5, 0.6) is 0 Å². The monoisotopic (exact) mass is 204 g/mol. The van der Waals surface area contributed by atoms with Crippen LogP contribution in [0.4, 0.5) is 0 Å². The summed E-state index contributed by atoms with van der Waals surface area (Å²) in [6.45, 7) is 6.46. The predicted octanol–water partition coefficient (Wildman–Crippen LogP) is 3.18. The summed E-state index contributed by atoms with van der Waals surface area (Å²) in [5.41, 5.74) is 4.08. The number of hydrogen-bond donors (Lipinski definition) is 1. The van der Waals surface area contributed by atoms with Crippen molar-refractivity contribution in [3.05, 3.63) is 34.9 Å². The minimum atomic E-state index is -0.101. The molecule has 15 heavy (non-hydrogen) atoms. The zero-order valence-corrected chi connectivity index (χ0v) is 9.83. The first-order chi connectivity index (χ1) is 7.08. The highest BCUT2D eigenvalue weighted by atomic mass is 16.3. The van der Waals surface area contributed by atoms with Crippen LogP contribution in [0.15, 0.2) is 18.2 Å². The number of aryl methyl sites for hydroxylation is 2. The molecule has 0 aromatic heterocycles. The van der Waals surface area contributed by atoms with E-state index in [-0.39, 0.29) is 6.10 Å². The molecule has 1 nitrogen and oxygen atoms in total. The van der Waals surface area contributed by atoms with Gasteiger partial charge in [0.25, 0.3) is 0 Å². The number of aliphatic hydroxyl groups is 1. The fourth-order valence-electron chi connectivity index (χ4n) is 2.84. The van der Waals surface area contributed by atoms with Gasteiger partial charge in [0.15, 0.2) is 0 Å². The largest absolute Gasteiger partial charge is 0.393 e. The van der Waals surface area contributed by atoms with Gasteiger partial charge in [-0.2, -0.15) is 0 Å². The van der Waals surface area contributed by atoms with Gasteiger partial charge in [0.2, 0.25) is 0 Å². The molecule has 0 heterocycles. The van der Waals surface area contributed by atoms with Gasteiger partial charge in [-0.05, 0) is 44.1 Å². The Kier molecular flexibility index (Phi) is 2.83. The Morgan fingerprint density at radius 1 is 1.07 bits per heavy atom. The van der Waals surface area contributed by atoms with Crippen LogP contribution in [0.25, 0.3) is 0 Å². The standard InChI is InChI=1S/C14H20O/c1-9-6-10(2)8-12(7-9)13-4-5-14(15)11(13)3/h6-8,11,13-15H,4-5H2,1-3H3. The molecule has 0 bridgehead atoms. The maximum Gasteiger partial charge on any atom is 0.0571 e.